The minimum absolute atomic E-state index is 0.0191. The molecule has 1 aromatic heterocycles. The average Bonchev–Trinajstić information content (AvgIpc) is 2.96. The third kappa shape index (κ3) is 2.28. The van der Waals surface area contributed by atoms with Gasteiger partial charge in [0.1, 0.15) is 5.37 Å². The Balaban J connectivity index is 2.01. The van der Waals surface area contributed by atoms with E-state index in [-0.39, 0.29) is 16.5 Å². The quantitative estimate of drug-likeness (QED) is 0.847. The van der Waals surface area contributed by atoms with Crippen molar-refractivity contribution in [3.05, 3.63) is 47.0 Å². The number of aromatic nitrogens is 1. The molecule has 0 radical (unpaired) electrons. The van der Waals surface area contributed by atoms with Gasteiger partial charge in [0.2, 0.25) is 5.91 Å². The third-order valence-electron chi connectivity index (χ3n) is 3.05. The van der Waals surface area contributed by atoms with Crippen molar-refractivity contribution in [1.29, 1.82) is 0 Å². The maximum absolute atomic E-state index is 12.4. The van der Waals surface area contributed by atoms with Crippen molar-refractivity contribution in [2.45, 2.75) is 24.5 Å². The highest BCUT2D eigenvalue weighted by Crippen LogP contribution is 2.46. The molecule has 0 unspecified atom stereocenters. The lowest BCUT2D eigenvalue weighted by Gasteiger charge is -2.21. The summed E-state index contributed by atoms with van der Waals surface area (Å²) in [6, 6.07) is 10.1. The number of aryl methyl sites for hydroxylation is 1. The van der Waals surface area contributed by atoms with Crippen LogP contribution in [0.25, 0.3) is 0 Å². The summed E-state index contributed by atoms with van der Waals surface area (Å²) in [5.74, 6) is 0.146. The Labute approximate surface area is 120 Å². The Bertz CT molecular complexity index is 597. The van der Waals surface area contributed by atoms with Gasteiger partial charge < -0.3 is 0 Å². The fourth-order valence-corrected chi connectivity index (χ4v) is 4.23. The molecular formula is C14H14N2OS2. The van der Waals surface area contributed by atoms with E-state index in [4.69, 9.17) is 0 Å². The van der Waals surface area contributed by atoms with Gasteiger partial charge in [-0.1, -0.05) is 30.3 Å². The van der Waals surface area contributed by atoms with Crippen LogP contribution in [0, 0.1) is 6.92 Å². The van der Waals surface area contributed by atoms with Crippen LogP contribution in [0.1, 0.15) is 22.7 Å². The van der Waals surface area contributed by atoms with E-state index in [1.165, 1.54) is 0 Å². The summed E-state index contributed by atoms with van der Waals surface area (Å²) in [4.78, 5) is 19.7. The van der Waals surface area contributed by atoms with E-state index in [9.17, 15) is 4.79 Å². The largest absolute Gasteiger partial charge is 0.273 e. The Morgan fingerprint density at radius 2 is 2.00 bits per heavy atom. The zero-order valence-electron chi connectivity index (χ0n) is 10.7. The minimum atomic E-state index is -0.0191. The zero-order chi connectivity index (χ0) is 13.4. The first-order valence-electron chi connectivity index (χ1n) is 6.13. The second-order valence-electron chi connectivity index (χ2n) is 4.50. The smallest absolute Gasteiger partial charge is 0.242 e. The summed E-state index contributed by atoms with van der Waals surface area (Å²) < 4.78 is 0. The molecule has 2 atom stereocenters. The standard InChI is InChI=1S/C14H14N2OS2/c1-9-8-15-14(18-9)16-12(17)10(2)19-13(16)11-6-4-3-5-7-11/h3-8,10,13H,1-2H3/t10-,13+/m1/s1. The van der Waals surface area contributed by atoms with E-state index in [1.54, 1.807) is 23.1 Å². The van der Waals surface area contributed by atoms with Gasteiger partial charge in [-0.25, -0.2) is 4.98 Å². The molecule has 19 heavy (non-hydrogen) atoms. The van der Waals surface area contributed by atoms with Crippen molar-refractivity contribution in [2.24, 2.45) is 0 Å². The number of nitrogens with zero attached hydrogens (tertiary/aromatic N) is 2. The predicted octanol–water partition coefficient (Wildman–Crippen LogP) is 3.62. The van der Waals surface area contributed by atoms with Crippen LogP contribution in [-0.4, -0.2) is 16.1 Å². The molecule has 2 aromatic rings. The highest BCUT2D eigenvalue weighted by molar-refractivity contribution is 8.01. The molecule has 5 heteroatoms. The molecule has 1 fully saturated rings. The fourth-order valence-electron chi connectivity index (χ4n) is 2.12. The van der Waals surface area contributed by atoms with Crippen molar-refractivity contribution in [2.75, 3.05) is 4.90 Å². The molecule has 0 saturated carbocycles. The molecule has 0 spiro atoms. The Kier molecular flexibility index (Phi) is 3.33. The number of anilines is 1. The lowest BCUT2D eigenvalue weighted by molar-refractivity contribution is -0.117. The summed E-state index contributed by atoms with van der Waals surface area (Å²) in [5.41, 5.74) is 1.15. The lowest BCUT2D eigenvalue weighted by atomic mass is 10.2. The number of carbonyl (C=O) groups is 1. The van der Waals surface area contributed by atoms with Gasteiger partial charge in [0.05, 0.1) is 5.25 Å². The fraction of sp³-hybridized carbons (Fsp3) is 0.286. The molecule has 0 bridgehead atoms. The molecule has 3 rings (SSSR count). The number of amides is 1. The van der Waals surface area contributed by atoms with Crippen molar-refractivity contribution >= 4 is 34.1 Å². The van der Waals surface area contributed by atoms with Crippen LogP contribution in [0.5, 0.6) is 0 Å². The highest BCUT2D eigenvalue weighted by atomic mass is 32.2. The second kappa shape index (κ2) is 4.98. The molecule has 0 aliphatic carbocycles. The van der Waals surface area contributed by atoms with Gasteiger partial charge in [0, 0.05) is 11.1 Å². The Morgan fingerprint density at radius 3 is 2.63 bits per heavy atom. The molecule has 1 amide bonds. The first kappa shape index (κ1) is 12.7. The van der Waals surface area contributed by atoms with E-state index >= 15 is 0 Å². The number of thioether (sulfide) groups is 1. The first-order chi connectivity index (χ1) is 9.16. The van der Waals surface area contributed by atoms with E-state index in [1.807, 2.05) is 43.1 Å². The SMILES string of the molecule is Cc1cnc(N2C(=O)[C@@H](C)S[C@H]2c2ccccc2)s1. The van der Waals surface area contributed by atoms with Crippen LogP contribution in [-0.2, 0) is 4.79 Å². The summed E-state index contributed by atoms with van der Waals surface area (Å²) >= 11 is 3.25. The van der Waals surface area contributed by atoms with Crippen molar-refractivity contribution in [1.82, 2.24) is 4.98 Å². The highest BCUT2D eigenvalue weighted by Gasteiger charge is 2.40. The molecule has 3 nitrogen and oxygen atoms in total. The van der Waals surface area contributed by atoms with Gasteiger partial charge >= 0.3 is 0 Å². The van der Waals surface area contributed by atoms with Gasteiger partial charge in [-0.3, -0.25) is 9.69 Å². The molecule has 98 valence electrons. The Morgan fingerprint density at radius 1 is 1.26 bits per heavy atom. The van der Waals surface area contributed by atoms with E-state index < -0.39 is 0 Å². The van der Waals surface area contributed by atoms with Crippen molar-refractivity contribution in [3.63, 3.8) is 0 Å². The summed E-state index contributed by atoms with van der Waals surface area (Å²) in [7, 11) is 0. The van der Waals surface area contributed by atoms with Gasteiger partial charge in [0.25, 0.3) is 0 Å². The number of thiazole rings is 1. The Hall–Kier alpha value is -1.33. The van der Waals surface area contributed by atoms with Crippen LogP contribution in [0.2, 0.25) is 0 Å². The van der Waals surface area contributed by atoms with Gasteiger partial charge in [-0.2, -0.15) is 0 Å². The van der Waals surface area contributed by atoms with Gasteiger partial charge in [-0.05, 0) is 19.4 Å². The van der Waals surface area contributed by atoms with Crippen LogP contribution in [0.15, 0.2) is 36.5 Å². The average molecular weight is 290 g/mol. The predicted molar refractivity (Wildman–Crippen MR) is 80.6 cm³/mol. The van der Waals surface area contributed by atoms with E-state index in [0.29, 0.717) is 0 Å². The first-order valence-corrected chi connectivity index (χ1v) is 7.88. The topological polar surface area (TPSA) is 33.2 Å². The van der Waals surface area contributed by atoms with Crippen LogP contribution < -0.4 is 4.90 Å². The number of hydrogen-bond donors (Lipinski definition) is 0. The number of rotatable bonds is 2. The van der Waals surface area contributed by atoms with E-state index in [2.05, 4.69) is 17.1 Å². The molecule has 1 aliphatic heterocycles. The van der Waals surface area contributed by atoms with Crippen molar-refractivity contribution in [3.8, 4) is 0 Å². The maximum Gasteiger partial charge on any atom is 0.242 e. The number of hydrogen-bond acceptors (Lipinski definition) is 4. The van der Waals surface area contributed by atoms with Crippen LogP contribution >= 0.6 is 23.1 Å². The van der Waals surface area contributed by atoms with E-state index in [0.717, 1.165) is 15.6 Å². The van der Waals surface area contributed by atoms with Gasteiger partial charge in [0.15, 0.2) is 5.13 Å². The summed E-state index contributed by atoms with van der Waals surface area (Å²) in [6.07, 6.45) is 1.82. The molecule has 1 aliphatic rings. The molecule has 0 N–H and O–H groups in total. The lowest BCUT2D eigenvalue weighted by Crippen LogP contribution is -2.29. The van der Waals surface area contributed by atoms with Crippen molar-refractivity contribution < 1.29 is 4.79 Å². The second-order valence-corrected chi connectivity index (χ2v) is 7.14. The minimum Gasteiger partial charge on any atom is -0.273 e. The summed E-state index contributed by atoms with van der Waals surface area (Å²) in [5, 5.41) is 0.817. The third-order valence-corrected chi connectivity index (χ3v) is 5.32. The summed E-state index contributed by atoms with van der Waals surface area (Å²) in [6.45, 7) is 3.97. The number of benzene rings is 1. The maximum atomic E-state index is 12.4. The van der Waals surface area contributed by atoms with Crippen LogP contribution in [0.3, 0.4) is 0 Å². The molecular weight excluding hydrogens is 276 g/mol. The van der Waals surface area contributed by atoms with Gasteiger partial charge in [-0.15, -0.1) is 23.1 Å². The normalized spacial score (nSPS) is 23.1. The number of carbonyl (C=O) groups excluding carboxylic acids is 1. The monoisotopic (exact) mass is 290 g/mol. The molecule has 2 heterocycles. The molecule has 1 aromatic carbocycles. The zero-order valence-corrected chi connectivity index (χ0v) is 12.4. The molecule has 1 saturated heterocycles. The van der Waals surface area contributed by atoms with Crippen LogP contribution in [0.4, 0.5) is 5.13 Å².